The van der Waals surface area contributed by atoms with Crippen LogP contribution in [0, 0.1) is 17.8 Å². The van der Waals surface area contributed by atoms with Crippen LogP contribution < -0.4 is 64.6 Å². The highest BCUT2D eigenvalue weighted by atomic mass is 32.2. The van der Waals surface area contributed by atoms with Crippen molar-refractivity contribution in [3.8, 4) is 0 Å². The molecule has 0 spiro atoms. The molecule has 2 aromatic carbocycles. The highest BCUT2D eigenvalue weighted by molar-refractivity contribution is 7.99. The van der Waals surface area contributed by atoms with Crippen molar-refractivity contribution in [2.75, 3.05) is 31.2 Å². The molecule has 0 bridgehead atoms. The first-order valence-corrected chi connectivity index (χ1v) is 36.5. The van der Waals surface area contributed by atoms with Gasteiger partial charge in [-0.05, 0) is 100 Å². The third kappa shape index (κ3) is 24.8. The Bertz CT molecular complexity index is 3540. The first kappa shape index (κ1) is 82.3. The molecule has 4 heterocycles. The molecule has 3 aliphatic rings. The van der Waals surface area contributed by atoms with E-state index in [0.717, 1.165) is 22.7 Å². The molecule has 0 saturated carbocycles. The maximum atomic E-state index is 14.9. The van der Waals surface area contributed by atoms with Crippen LogP contribution in [0.4, 0.5) is 0 Å². The van der Waals surface area contributed by atoms with Crippen LogP contribution in [0.2, 0.25) is 0 Å². The quantitative estimate of drug-likeness (QED) is 0.0440. The van der Waals surface area contributed by atoms with Crippen LogP contribution in [0.25, 0.3) is 10.9 Å². The first-order valence-electron chi connectivity index (χ1n) is 35.4. The summed E-state index contributed by atoms with van der Waals surface area (Å²) < 4.78 is 5.52. The second-order valence-corrected chi connectivity index (χ2v) is 28.7. The van der Waals surface area contributed by atoms with Crippen molar-refractivity contribution in [2.45, 2.75) is 218 Å². The number of benzene rings is 2. The van der Waals surface area contributed by atoms with E-state index in [9.17, 15) is 71.9 Å². The number of nitrogens with one attached hydrogen (secondary N) is 11. The van der Waals surface area contributed by atoms with E-state index in [4.69, 9.17) is 16.2 Å². The van der Waals surface area contributed by atoms with Gasteiger partial charge in [-0.3, -0.25) is 71.9 Å². The molecule has 6 rings (SSSR count). The molecule has 3 aliphatic heterocycles. The Morgan fingerprint density at radius 2 is 1.21 bits per heavy atom. The molecule has 32 heteroatoms. The van der Waals surface area contributed by atoms with E-state index in [1.54, 1.807) is 71.1 Å². The van der Waals surface area contributed by atoms with E-state index in [2.05, 4.69) is 58.2 Å². The Kier molecular flexibility index (Phi) is 31.7. The van der Waals surface area contributed by atoms with Gasteiger partial charge in [-0.1, -0.05) is 96.5 Å². The van der Waals surface area contributed by atoms with E-state index in [0.29, 0.717) is 30.4 Å². The average Bonchev–Trinajstić information content (AvgIpc) is 1.68. The molecule has 15 N–H and O–H groups in total. The summed E-state index contributed by atoms with van der Waals surface area (Å²) in [7, 11) is 0. The summed E-state index contributed by atoms with van der Waals surface area (Å²) in [6.07, 6.45) is 1.51. The van der Waals surface area contributed by atoms with Crippen molar-refractivity contribution in [1.82, 2.24) is 68.0 Å². The minimum Gasteiger partial charge on any atom is -0.465 e. The van der Waals surface area contributed by atoms with Crippen molar-refractivity contribution < 1.29 is 76.7 Å². The maximum Gasteiger partial charge on any atom is 0.305 e. The van der Waals surface area contributed by atoms with Crippen LogP contribution >= 0.6 is 11.8 Å². The SMILES string of the molecule is CC[C@H](C)[C@H](NC(=O)[C@H](Cc1c[nH]c2ccccc12)NC(=O)[C@@H]1CCCN1C(=O)[C@@H]1CCCN1C(=O)[C@H](C)NC(=O)[C@H](Cc1ccccc1)NC(=O)[C@@H]1CCC(=O)OCCSC[C@H](NC(=O)[C@H](C)NC(C)=O)C(=O)N[C@@H](CC(C)C)C(=O)N[C@@H](CC(C)C)C(=O)N[C@@H](CCC(N)=O)C(=O)N1)C(N)=O. The zero-order valence-corrected chi connectivity index (χ0v) is 61.0. The number of esters is 1. The van der Waals surface area contributed by atoms with Crippen LogP contribution in [-0.2, 0) is 89.5 Å². The van der Waals surface area contributed by atoms with Crippen LogP contribution in [0.3, 0.4) is 0 Å². The van der Waals surface area contributed by atoms with Gasteiger partial charge < -0.3 is 84.2 Å². The molecule has 1 aromatic heterocycles. The molecule has 3 saturated heterocycles. The van der Waals surface area contributed by atoms with Gasteiger partial charge in [0.1, 0.15) is 79.1 Å². The number of ether oxygens (including phenoxy) is 1. The van der Waals surface area contributed by atoms with Gasteiger partial charge in [0.15, 0.2) is 0 Å². The van der Waals surface area contributed by atoms with Crippen LogP contribution in [0.5, 0.6) is 0 Å². The first-order chi connectivity index (χ1) is 48.8. The summed E-state index contributed by atoms with van der Waals surface area (Å²) in [5.41, 5.74) is 13.3. The van der Waals surface area contributed by atoms with Gasteiger partial charge in [-0.25, -0.2) is 0 Å². The van der Waals surface area contributed by atoms with Gasteiger partial charge >= 0.3 is 5.97 Å². The summed E-state index contributed by atoms with van der Waals surface area (Å²) in [5.74, 6) is -12.4. The van der Waals surface area contributed by atoms with Crippen molar-refractivity contribution in [1.29, 1.82) is 0 Å². The van der Waals surface area contributed by atoms with Gasteiger partial charge in [-0.2, -0.15) is 11.8 Å². The summed E-state index contributed by atoms with van der Waals surface area (Å²) in [4.78, 5) is 215. The number of rotatable bonds is 27. The third-order valence-electron chi connectivity index (χ3n) is 18.3. The van der Waals surface area contributed by atoms with E-state index in [1.807, 2.05) is 31.2 Å². The zero-order valence-electron chi connectivity index (χ0n) is 60.2. The van der Waals surface area contributed by atoms with Crippen molar-refractivity contribution >= 4 is 111 Å². The lowest BCUT2D eigenvalue weighted by atomic mass is 9.97. The number of carbonyl (C=O) groups excluding carboxylic acids is 15. The molecule has 0 radical (unpaired) electrons. The van der Waals surface area contributed by atoms with Crippen molar-refractivity contribution in [2.24, 2.45) is 29.2 Å². The van der Waals surface area contributed by atoms with Gasteiger partial charge in [0, 0.05) is 74.3 Å². The highest BCUT2D eigenvalue weighted by Gasteiger charge is 2.45. The summed E-state index contributed by atoms with van der Waals surface area (Å²) >= 11 is 1.10. The fourth-order valence-electron chi connectivity index (χ4n) is 12.6. The van der Waals surface area contributed by atoms with E-state index in [-0.39, 0.29) is 87.5 Å². The Balaban J connectivity index is 1.23. The molecule has 14 amide bonds. The fraction of sp³-hybridized carbons (Fsp3) is 0.592. The Morgan fingerprint density at radius 3 is 1.84 bits per heavy atom. The van der Waals surface area contributed by atoms with Gasteiger partial charge in [0.25, 0.3) is 0 Å². The topological polar surface area (TPSA) is 460 Å². The number of aromatic amines is 1. The number of primary amides is 2. The number of amides is 14. The number of thioether (sulfide) groups is 1. The van der Waals surface area contributed by atoms with Crippen LogP contribution in [-0.4, -0.2) is 207 Å². The smallest absolute Gasteiger partial charge is 0.305 e. The third-order valence-corrected chi connectivity index (χ3v) is 19.4. The summed E-state index contributed by atoms with van der Waals surface area (Å²) in [6, 6.07) is 0.396. The number of cyclic esters (lactones) is 1. The van der Waals surface area contributed by atoms with E-state index < -0.39 is 187 Å². The van der Waals surface area contributed by atoms with Crippen molar-refractivity contribution in [3.63, 3.8) is 0 Å². The second-order valence-electron chi connectivity index (χ2n) is 27.6. The number of aromatic nitrogens is 1. The average molecular weight is 1450 g/mol. The second kappa shape index (κ2) is 39.7. The molecule has 0 aliphatic carbocycles. The monoisotopic (exact) mass is 1450 g/mol. The molecule has 103 heavy (non-hydrogen) atoms. The normalized spacial score (nSPS) is 22.2. The molecular weight excluding hydrogens is 1350 g/mol. The van der Waals surface area contributed by atoms with E-state index in [1.165, 1.54) is 30.6 Å². The summed E-state index contributed by atoms with van der Waals surface area (Å²) in [5, 5.41) is 27.5. The number of H-pyrrole nitrogens is 1. The van der Waals surface area contributed by atoms with Gasteiger partial charge in [0.05, 0.1) is 0 Å². The largest absolute Gasteiger partial charge is 0.465 e. The molecule has 0 unspecified atom stereocenters. The Labute approximate surface area is 604 Å². The fourth-order valence-corrected chi connectivity index (χ4v) is 13.5. The highest BCUT2D eigenvalue weighted by Crippen LogP contribution is 2.27. The Morgan fingerprint density at radius 1 is 0.631 bits per heavy atom. The minimum absolute atomic E-state index is 0.000681. The number of carbonyl (C=O) groups is 15. The predicted octanol–water partition coefficient (Wildman–Crippen LogP) is -0.198. The molecule has 31 nitrogen and oxygen atoms in total. The number of hydrogen-bond donors (Lipinski definition) is 13. The molecule has 3 aromatic rings. The lowest BCUT2D eigenvalue weighted by molar-refractivity contribution is -0.148. The number of para-hydroxylation sites is 1. The maximum absolute atomic E-state index is 14.9. The Hall–Kier alpha value is -9.62. The molecule has 13 atom stereocenters. The number of nitrogens with zero attached hydrogens (tertiary/aromatic N) is 2. The van der Waals surface area contributed by atoms with Gasteiger partial charge in [-0.15, -0.1) is 0 Å². The number of nitrogens with two attached hydrogens (primary N) is 2. The van der Waals surface area contributed by atoms with Crippen LogP contribution in [0.1, 0.15) is 144 Å². The number of hydrogen-bond acceptors (Lipinski definition) is 17. The van der Waals surface area contributed by atoms with Gasteiger partial charge in [0.2, 0.25) is 82.7 Å². The number of likely N-dealkylation sites (tertiary alicyclic amines) is 2. The number of fused-ring (bicyclic) bond motifs is 1. The molecule has 564 valence electrons. The zero-order chi connectivity index (χ0) is 75.8. The predicted molar refractivity (Wildman–Crippen MR) is 381 cm³/mol. The van der Waals surface area contributed by atoms with Crippen molar-refractivity contribution in [3.05, 3.63) is 71.9 Å². The molecular formula is C71H103N15O16S. The lowest BCUT2D eigenvalue weighted by Crippen LogP contribution is -2.61. The lowest BCUT2D eigenvalue weighted by Gasteiger charge is -2.33. The minimum atomic E-state index is -1.68. The summed E-state index contributed by atoms with van der Waals surface area (Å²) in [6.45, 7) is 14.8. The molecule has 3 fully saturated rings. The standard InChI is InChI=1S/C71H103N15O16S/c1-10-40(6)59(60(73)90)84-67(97)53(35-45-36-74-47-21-15-14-20-46(45)47)82-69(99)55-22-16-28-85(55)71(101)56-23-17-29-86(56)70(100)42(8)76-64(94)52(34-44-18-12-11-13-19-44)81-63(93)49-25-27-58(89)102-30-31-103-37-54(83-61(91)41(7)75-43(9)87)68(98)80-51(33-39(4)5)66(96)79-50(32-38(2)3)65(95)78-48(62(92)77-49)24-26-57(72)88/h11-15,18-21,36,38-42,48-56,59,74H,10,16-17,22-35,37H2,1-9H3,(H2,72,88)(H2,73,90)(H,75,87)(H,76,94)(H,77,92)(H,78,95)(H,79,96)(H,80,98)(H,81,93)(H,82,99)(H,83,91)(H,84,97)/t40-,41-,42-,48-,49-,50-,51-,52-,53-,54-,55-,56-,59-/m0/s1. The van der Waals surface area contributed by atoms with E-state index >= 15 is 0 Å². The van der Waals surface area contributed by atoms with Crippen LogP contribution in [0.15, 0.2) is 60.8 Å².